The zero-order valence-corrected chi connectivity index (χ0v) is 13.2. The molecule has 0 saturated heterocycles. The first-order chi connectivity index (χ1) is 8.97. The molecule has 0 radical (unpaired) electrons. The molecule has 106 valence electrons. The number of rotatable bonds is 7. The topological polar surface area (TPSA) is 41.6 Å². The second-order valence-electron chi connectivity index (χ2n) is 4.76. The number of carbonyl (C=O) groups excluding carboxylic acids is 1. The molecule has 19 heavy (non-hydrogen) atoms. The van der Waals surface area contributed by atoms with Crippen LogP contribution in [-0.2, 0) is 4.79 Å². The van der Waals surface area contributed by atoms with Crippen LogP contribution in [0.25, 0.3) is 0 Å². The Kier molecular flexibility index (Phi) is 6.87. The molecule has 1 rings (SSSR count). The van der Waals surface area contributed by atoms with Gasteiger partial charge in [0.1, 0.15) is 12.4 Å². The standard InChI is InChI=1S/C14H21BrN2O2/c1-11(2)16-14(18)10-17(3)8-9-19-13-6-4-12(15)5-7-13/h4-7,11H,8-10H2,1-3H3,(H,16,18). The van der Waals surface area contributed by atoms with E-state index in [2.05, 4.69) is 21.2 Å². The number of amides is 1. The number of halogens is 1. The summed E-state index contributed by atoms with van der Waals surface area (Å²) in [5.41, 5.74) is 0. The summed E-state index contributed by atoms with van der Waals surface area (Å²) in [6.07, 6.45) is 0. The van der Waals surface area contributed by atoms with Crippen molar-refractivity contribution >= 4 is 21.8 Å². The van der Waals surface area contributed by atoms with Crippen LogP contribution in [0.1, 0.15) is 13.8 Å². The summed E-state index contributed by atoms with van der Waals surface area (Å²) in [5, 5.41) is 2.86. The van der Waals surface area contributed by atoms with Crippen molar-refractivity contribution in [3.05, 3.63) is 28.7 Å². The highest BCUT2D eigenvalue weighted by Crippen LogP contribution is 2.15. The highest BCUT2D eigenvalue weighted by Gasteiger charge is 2.07. The van der Waals surface area contributed by atoms with Crippen LogP contribution >= 0.6 is 15.9 Å². The second kappa shape index (κ2) is 8.17. The molecule has 1 aromatic rings. The summed E-state index contributed by atoms with van der Waals surface area (Å²) in [5.74, 6) is 0.879. The normalized spacial score (nSPS) is 10.8. The van der Waals surface area contributed by atoms with E-state index in [1.807, 2.05) is 50.1 Å². The lowest BCUT2D eigenvalue weighted by molar-refractivity contribution is -0.122. The molecule has 0 fully saturated rings. The molecule has 5 heteroatoms. The predicted molar refractivity (Wildman–Crippen MR) is 80.4 cm³/mol. The summed E-state index contributed by atoms with van der Waals surface area (Å²) in [6.45, 7) is 5.57. The number of ether oxygens (including phenoxy) is 1. The molecule has 0 aliphatic heterocycles. The van der Waals surface area contributed by atoms with Gasteiger partial charge in [-0.15, -0.1) is 0 Å². The van der Waals surface area contributed by atoms with E-state index in [-0.39, 0.29) is 11.9 Å². The SMILES string of the molecule is CC(C)NC(=O)CN(C)CCOc1ccc(Br)cc1. The molecule has 0 heterocycles. The minimum atomic E-state index is 0.0427. The molecule has 1 aromatic carbocycles. The number of hydrogen-bond acceptors (Lipinski definition) is 3. The zero-order valence-electron chi connectivity index (χ0n) is 11.6. The lowest BCUT2D eigenvalue weighted by Crippen LogP contribution is -2.39. The van der Waals surface area contributed by atoms with Crippen molar-refractivity contribution in [1.82, 2.24) is 10.2 Å². The van der Waals surface area contributed by atoms with Crippen LogP contribution in [0.3, 0.4) is 0 Å². The van der Waals surface area contributed by atoms with E-state index in [0.717, 1.165) is 10.2 Å². The van der Waals surface area contributed by atoms with Gasteiger partial charge < -0.3 is 10.1 Å². The number of carbonyl (C=O) groups is 1. The minimum absolute atomic E-state index is 0.0427. The van der Waals surface area contributed by atoms with Crippen LogP contribution in [0.5, 0.6) is 5.75 Å². The van der Waals surface area contributed by atoms with Crippen LogP contribution in [0.15, 0.2) is 28.7 Å². The Morgan fingerprint density at radius 1 is 1.37 bits per heavy atom. The Morgan fingerprint density at radius 3 is 2.58 bits per heavy atom. The Labute approximate surface area is 123 Å². The third kappa shape index (κ3) is 7.18. The van der Waals surface area contributed by atoms with Crippen molar-refractivity contribution in [1.29, 1.82) is 0 Å². The molecule has 0 aromatic heterocycles. The van der Waals surface area contributed by atoms with Crippen LogP contribution in [0, 0.1) is 0 Å². The van der Waals surface area contributed by atoms with Gasteiger partial charge in [0.25, 0.3) is 0 Å². The lowest BCUT2D eigenvalue weighted by atomic mass is 10.3. The van der Waals surface area contributed by atoms with Crippen molar-refractivity contribution in [3.63, 3.8) is 0 Å². The Morgan fingerprint density at radius 2 is 2.00 bits per heavy atom. The maximum Gasteiger partial charge on any atom is 0.234 e. The van der Waals surface area contributed by atoms with E-state index in [1.165, 1.54) is 0 Å². The van der Waals surface area contributed by atoms with Gasteiger partial charge in [0, 0.05) is 17.1 Å². The van der Waals surface area contributed by atoms with E-state index in [9.17, 15) is 4.79 Å². The number of nitrogens with one attached hydrogen (secondary N) is 1. The highest BCUT2D eigenvalue weighted by molar-refractivity contribution is 9.10. The van der Waals surface area contributed by atoms with Gasteiger partial charge in [0.2, 0.25) is 5.91 Å². The Hall–Kier alpha value is -1.07. The van der Waals surface area contributed by atoms with Crippen molar-refractivity contribution in [2.45, 2.75) is 19.9 Å². The number of benzene rings is 1. The van der Waals surface area contributed by atoms with Crippen LogP contribution in [0.2, 0.25) is 0 Å². The van der Waals surface area contributed by atoms with Crippen molar-refractivity contribution < 1.29 is 9.53 Å². The molecule has 0 unspecified atom stereocenters. The maximum atomic E-state index is 11.5. The molecule has 1 N–H and O–H groups in total. The lowest BCUT2D eigenvalue weighted by Gasteiger charge is -2.17. The van der Waals surface area contributed by atoms with E-state index >= 15 is 0 Å². The number of nitrogens with zero attached hydrogens (tertiary/aromatic N) is 1. The summed E-state index contributed by atoms with van der Waals surface area (Å²) in [6, 6.07) is 7.88. The monoisotopic (exact) mass is 328 g/mol. The molecule has 0 aliphatic rings. The van der Waals surface area contributed by atoms with E-state index in [0.29, 0.717) is 19.7 Å². The van der Waals surface area contributed by atoms with Gasteiger partial charge in [0.15, 0.2) is 0 Å². The molecular formula is C14H21BrN2O2. The fourth-order valence-electron chi connectivity index (χ4n) is 1.54. The van der Waals surface area contributed by atoms with E-state index in [4.69, 9.17) is 4.74 Å². The zero-order chi connectivity index (χ0) is 14.3. The highest BCUT2D eigenvalue weighted by atomic mass is 79.9. The first-order valence-corrected chi connectivity index (χ1v) is 7.13. The van der Waals surface area contributed by atoms with Gasteiger partial charge in [-0.05, 0) is 45.2 Å². The molecule has 1 amide bonds. The van der Waals surface area contributed by atoms with Crippen LogP contribution in [-0.4, -0.2) is 43.6 Å². The summed E-state index contributed by atoms with van der Waals surface area (Å²) in [7, 11) is 1.91. The average molecular weight is 329 g/mol. The third-order valence-corrected chi connectivity index (χ3v) is 2.95. The summed E-state index contributed by atoms with van der Waals surface area (Å²) >= 11 is 3.38. The number of likely N-dealkylation sites (N-methyl/N-ethyl adjacent to an activating group) is 1. The van der Waals surface area contributed by atoms with Crippen LogP contribution < -0.4 is 10.1 Å². The van der Waals surface area contributed by atoms with Gasteiger partial charge in [-0.3, -0.25) is 9.69 Å². The first-order valence-electron chi connectivity index (χ1n) is 6.33. The molecular weight excluding hydrogens is 308 g/mol. The van der Waals surface area contributed by atoms with Crippen molar-refractivity contribution in [2.75, 3.05) is 26.7 Å². The third-order valence-electron chi connectivity index (χ3n) is 2.42. The predicted octanol–water partition coefficient (Wildman–Crippen LogP) is 2.28. The number of hydrogen-bond donors (Lipinski definition) is 1. The van der Waals surface area contributed by atoms with Gasteiger partial charge >= 0.3 is 0 Å². The van der Waals surface area contributed by atoms with Crippen molar-refractivity contribution in [2.24, 2.45) is 0 Å². The van der Waals surface area contributed by atoms with Gasteiger partial charge in [-0.1, -0.05) is 15.9 Å². The largest absolute Gasteiger partial charge is 0.492 e. The second-order valence-corrected chi connectivity index (χ2v) is 5.68. The summed E-state index contributed by atoms with van der Waals surface area (Å²) in [4.78, 5) is 13.5. The molecule has 0 saturated carbocycles. The molecule has 0 atom stereocenters. The maximum absolute atomic E-state index is 11.5. The van der Waals surface area contributed by atoms with Crippen LogP contribution in [0.4, 0.5) is 0 Å². The Balaban J connectivity index is 2.21. The van der Waals surface area contributed by atoms with E-state index < -0.39 is 0 Å². The van der Waals surface area contributed by atoms with Crippen molar-refractivity contribution in [3.8, 4) is 5.75 Å². The smallest absolute Gasteiger partial charge is 0.234 e. The Bertz CT molecular complexity index is 393. The van der Waals surface area contributed by atoms with Gasteiger partial charge in [-0.2, -0.15) is 0 Å². The van der Waals surface area contributed by atoms with E-state index in [1.54, 1.807) is 0 Å². The molecule has 4 nitrogen and oxygen atoms in total. The molecule has 0 bridgehead atoms. The average Bonchev–Trinajstić information content (AvgIpc) is 2.30. The van der Waals surface area contributed by atoms with Gasteiger partial charge in [0.05, 0.1) is 6.54 Å². The van der Waals surface area contributed by atoms with Gasteiger partial charge in [-0.25, -0.2) is 0 Å². The molecule has 0 aliphatic carbocycles. The first kappa shape index (κ1) is 16.0. The summed E-state index contributed by atoms with van der Waals surface area (Å²) < 4.78 is 6.63. The minimum Gasteiger partial charge on any atom is -0.492 e. The molecule has 0 spiro atoms. The fourth-order valence-corrected chi connectivity index (χ4v) is 1.81. The fraction of sp³-hybridized carbons (Fsp3) is 0.500. The quantitative estimate of drug-likeness (QED) is 0.834.